The zero-order chi connectivity index (χ0) is 7.40. The SMILES string of the molecule is OC1C=CCCC(O)CC1. The monoisotopic (exact) mass is 142 g/mol. The van der Waals surface area contributed by atoms with Crippen molar-refractivity contribution in [1.29, 1.82) is 0 Å². The fourth-order valence-electron chi connectivity index (χ4n) is 1.15. The van der Waals surface area contributed by atoms with Crippen LogP contribution in [0.15, 0.2) is 12.2 Å². The predicted molar refractivity (Wildman–Crippen MR) is 39.6 cm³/mol. The van der Waals surface area contributed by atoms with Gasteiger partial charge < -0.3 is 10.2 Å². The Labute approximate surface area is 61.2 Å². The molecule has 1 aliphatic carbocycles. The highest BCUT2D eigenvalue weighted by molar-refractivity contribution is 4.91. The number of hydrogen-bond donors (Lipinski definition) is 2. The minimum Gasteiger partial charge on any atom is -0.393 e. The molecule has 10 heavy (non-hydrogen) atoms. The van der Waals surface area contributed by atoms with Crippen LogP contribution in [0.3, 0.4) is 0 Å². The van der Waals surface area contributed by atoms with E-state index < -0.39 is 0 Å². The summed E-state index contributed by atoms with van der Waals surface area (Å²) >= 11 is 0. The van der Waals surface area contributed by atoms with Gasteiger partial charge in [0.05, 0.1) is 12.2 Å². The van der Waals surface area contributed by atoms with Gasteiger partial charge in [0.15, 0.2) is 0 Å². The molecule has 2 nitrogen and oxygen atoms in total. The molecule has 0 saturated carbocycles. The zero-order valence-electron chi connectivity index (χ0n) is 6.03. The lowest BCUT2D eigenvalue weighted by atomic mass is 10.0. The van der Waals surface area contributed by atoms with Crippen molar-refractivity contribution in [1.82, 2.24) is 0 Å². The molecule has 1 rings (SSSR count). The Morgan fingerprint density at radius 2 is 1.90 bits per heavy atom. The van der Waals surface area contributed by atoms with Crippen LogP contribution in [0.1, 0.15) is 25.7 Å². The molecule has 0 bridgehead atoms. The van der Waals surface area contributed by atoms with Crippen molar-refractivity contribution in [2.45, 2.75) is 37.9 Å². The summed E-state index contributed by atoms with van der Waals surface area (Å²) in [6.07, 6.45) is 6.35. The maximum atomic E-state index is 9.19. The Morgan fingerprint density at radius 1 is 1.10 bits per heavy atom. The molecule has 0 aromatic rings. The molecular weight excluding hydrogens is 128 g/mol. The molecular formula is C8H14O2. The second kappa shape index (κ2) is 3.74. The van der Waals surface area contributed by atoms with Crippen LogP contribution in [0, 0.1) is 0 Å². The van der Waals surface area contributed by atoms with Crippen LogP contribution < -0.4 is 0 Å². The summed E-state index contributed by atoms with van der Waals surface area (Å²) in [4.78, 5) is 0. The third kappa shape index (κ3) is 2.50. The van der Waals surface area contributed by atoms with E-state index in [2.05, 4.69) is 0 Å². The van der Waals surface area contributed by atoms with E-state index in [1.807, 2.05) is 12.2 Å². The minimum absolute atomic E-state index is 0.209. The van der Waals surface area contributed by atoms with Crippen LogP contribution in [0.2, 0.25) is 0 Å². The minimum atomic E-state index is -0.338. The van der Waals surface area contributed by atoms with Gasteiger partial charge in [-0.15, -0.1) is 0 Å². The van der Waals surface area contributed by atoms with E-state index in [-0.39, 0.29) is 12.2 Å². The molecule has 58 valence electrons. The molecule has 0 aliphatic heterocycles. The Kier molecular flexibility index (Phi) is 2.90. The maximum Gasteiger partial charge on any atom is 0.0721 e. The Bertz CT molecular complexity index is 120. The zero-order valence-corrected chi connectivity index (χ0v) is 6.03. The van der Waals surface area contributed by atoms with E-state index >= 15 is 0 Å². The molecule has 2 heteroatoms. The van der Waals surface area contributed by atoms with E-state index in [0.29, 0.717) is 6.42 Å². The molecule has 2 unspecified atom stereocenters. The first-order valence-electron chi connectivity index (χ1n) is 3.82. The van der Waals surface area contributed by atoms with Gasteiger partial charge in [0, 0.05) is 0 Å². The van der Waals surface area contributed by atoms with Gasteiger partial charge >= 0.3 is 0 Å². The van der Waals surface area contributed by atoms with Crippen LogP contribution >= 0.6 is 0 Å². The summed E-state index contributed by atoms with van der Waals surface area (Å²) in [6, 6.07) is 0. The molecule has 0 heterocycles. The highest BCUT2D eigenvalue weighted by Crippen LogP contribution is 2.11. The molecule has 0 aromatic heterocycles. The van der Waals surface area contributed by atoms with E-state index in [9.17, 15) is 5.11 Å². The van der Waals surface area contributed by atoms with E-state index in [1.165, 1.54) is 0 Å². The Balaban J connectivity index is 2.38. The molecule has 2 atom stereocenters. The summed E-state index contributed by atoms with van der Waals surface area (Å²) in [5.41, 5.74) is 0. The second-order valence-electron chi connectivity index (χ2n) is 2.80. The van der Waals surface area contributed by atoms with Crippen LogP contribution in [0.5, 0.6) is 0 Å². The first kappa shape index (κ1) is 7.76. The fourth-order valence-corrected chi connectivity index (χ4v) is 1.15. The topological polar surface area (TPSA) is 40.5 Å². The highest BCUT2D eigenvalue weighted by Gasteiger charge is 2.08. The standard InChI is InChI=1S/C8H14O2/c9-7-3-1-2-4-8(10)6-5-7/h1,3,7-10H,2,4-6H2. The second-order valence-corrected chi connectivity index (χ2v) is 2.80. The van der Waals surface area contributed by atoms with Gasteiger partial charge in [0.2, 0.25) is 0 Å². The van der Waals surface area contributed by atoms with Gasteiger partial charge in [-0.1, -0.05) is 12.2 Å². The van der Waals surface area contributed by atoms with Crippen molar-refractivity contribution < 1.29 is 10.2 Å². The lowest BCUT2D eigenvalue weighted by Crippen LogP contribution is -2.13. The highest BCUT2D eigenvalue weighted by atomic mass is 16.3. The number of aliphatic hydroxyl groups is 2. The molecule has 0 radical (unpaired) electrons. The predicted octanol–water partition coefficient (Wildman–Crippen LogP) is 0.838. The average molecular weight is 142 g/mol. The first-order valence-corrected chi connectivity index (χ1v) is 3.82. The van der Waals surface area contributed by atoms with Crippen molar-refractivity contribution in [2.24, 2.45) is 0 Å². The normalized spacial score (nSPS) is 35.0. The van der Waals surface area contributed by atoms with Crippen molar-refractivity contribution in [2.75, 3.05) is 0 Å². The molecule has 2 N–H and O–H groups in total. The molecule has 0 aromatic carbocycles. The van der Waals surface area contributed by atoms with Crippen molar-refractivity contribution in [3.8, 4) is 0 Å². The van der Waals surface area contributed by atoms with Crippen LogP contribution in [0.25, 0.3) is 0 Å². The van der Waals surface area contributed by atoms with Crippen molar-refractivity contribution in [3.05, 3.63) is 12.2 Å². The molecule has 1 aliphatic rings. The van der Waals surface area contributed by atoms with E-state index in [1.54, 1.807) is 0 Å². The van der Waals surface area contributed by atoms with E-state index in [0.717, 1.165) is 19.3 Å². The van der Waals surface area contributed by atoms with Gasteiger partial charge in [-0.3, -0.25) is 0 Å². The van der Waals surface area contributed by atoms with Crippen molar-refractivity contribution >= 4 is 0 Å². The van der Waals surface area contributed by atoms with Crippen LogP contribution in [0.4, 0.5) is 0 Å². The molecule has 0 amide bonds. The van der Waals surface area contributed by atoms with Gasteiger partial charge in [-0.05, 0) is 25.7 Å². The summed E-state index contributed by atoms with van der Waals surface area (Å²) in [5, 5.41) is 18.3. The third-order valence-electron chi connectivity index (χ3n) is 1.82. The van der Waals surface area contributed by atoms with Gasteiger partial charge in [0.25, 0.3) is 0 Å². The third-order valence-corrected chi connectivity index (χ3v) is 1.82. The van der Waals surface area contributed by atoms with Gasteiger partial charge in [-0.25, -0.2) is 0 Å². The maximum absolute atomic E-state index is 9.19. The number of allylic oxidation sites excluding steroid dienone is 1. The van der Waals surface area contributed by atoms with Crippen LogP contribution in [-0.2, 0) is 0 Å². The summed E-state index contributed by atoms with van der Waals surface area (Å²) < 4.78 is 0. The molecule has 0 spiro atoms. The first-order chi connectivity index (χ1) is 4.79. The summed E-state index contributed by atoms with van der Waals surface area (Å²) in [5.74, 6) is 0. The quantitative estimate of drug-likeness (QED) is 0.492. The summed E-state index contributed by atoms with van der Waals surface area (Å²) in [7, 11) is 0. The Morgan fingerprint density at radius 3 is 2.70 bits per heavy atom. The van der Waals surface area contributed by atoms with Gasteiger partial charge in [-0.2, -0.15) is 0 Å². The van der Waals surface area contributed by atoms with E-state index in [4.69, 9.17) is 5.11 Å². The van der Waals surface area contributed by atoms with Gasteiger partial charge in [0.1, 0.15) is 0 Å². The Hall–Kier alpha value is -0.340. The van der Waals surface area contributed by atoms with Crippen molar-refractivity contribution in [3.63, 3.8) is 0 Å². The number of rotatable bonds is 0. The smallest absolute Gasteiger partial charge is 0.0721 e. The summed E-state index contributed by atoms with van der Waals surface area (Å²) in [6.45, 7) is 0. The van der Waals surface area contributed by atoms with Crippen LogP contribution in [-0.4, -0.2) is 22.4 Å². The number of hydrogen-bond acceptors (Lipinski definition) is 2. The average Bonchev–Trinajstić information content (AvgIpc) is 1.90. The number of aliphatic hydroxyl groups excluding tert-OH is 2. The fraction of sp³-hybridized carbons (Fsp3) is 0.750. The molecule has 0 fully saturated rings. The largest absolute Gasteiger partial charge is 0.393 e. The molecule has 0 saturated heterocycles. The lowest BCUT2D eigenvalue weighted by molar-refractivity contribution is 0.123. The lowest BCUT2D eigenvalue weighted by Gasteiger charge is -2.13.